The monoisotopic (exact) mass is 372 g/mol. The van der Waals surface area contributed by atoms with E-state index in [2.05, 4.69) is 46.6 Å². The van der Waals surface area contributed by atoms with Crippen molar-refractivity contribution in [3.63, 3.8) is 0 Å². The Bertz CT molecular complexity index is 999. The third-order valence-corrected chi connectivity index (χ3v) is 8.02. The average molecular weight is 372 g/mol. The molecule has 0 aromatic heterocycles. The van der Waals surface area contributed by atoms with E-state index in [-0.39, 0.29) is 11.5 Å². The van der Waals surface area contributed by atoms with Crippen molar-refractivity contribution in [1.29, 1.82) is 0 Å². The maximum absolute atomic E-state index is 11.7. The van der Waals surface area contributed by atoms with Crippen molar-refractivity contribution in [3.05, 3.63) is 47.5 Å². The first-order valence-electron chi connectivity index (χ1n) is 10.6. The molecule has 3 saturated heterocycles. The molecule has 4 heteroatoms. The number of ether oxygens (including phenoxy) is 1. The van der Waals surface area contributed by atoms with E-state index >= 15 is 0 Å². The minimum absolute atomic E-state index is 0.0140. The van der Waals surface area contributed by atoms with Gasteiger partial charge in [-0.3, -0.25) is 4.79 Å². The largest absolute Gasteiger partial charge is 0.486 e. The Kier molecular flexibility index (Phi) is 2.88. The Balaban J connectivity index is 1.30. The first kappa shape index (κ1) is 15.6. The van der Waals surface area contributed by atoms with Crippen LogP contribution in [0, 0.1) is 17.8 Å². The predicted molar refractivity (Wildman–Crippen MR) is 107 cm³/mol. The number of carbonyl (C=O) groups excluding carboxylic acids is 1. The summed E-state index contributed by atoms with van der Waals surface area (Å²) in [5.41, 5.74) is 5.95. The summed E-state index contributed by atoms with van der Waals surface area (Å²) < 4.78 is 6.85. The van der Waals surface area contributed by atoms with Crippen LogP contribution in [0.15, 0.2) is 36.4 Å². The Hall–Kier alpha value is -2.33. The van der Waals surface area contributed by atoms with Crippen molar-refractivity contribution in [2.75, 3.05) is 25.0 Å². The van der Waals surface area contributed by atoms with Crippen molar-refractivity contribution in [2.24, 2.45) is 17.8 Å². The topological polar surface area (TPSA) is 41.6 Å². The lowest BCUT2D eigenvalue weighted by atomic mass is 9.58. The highest BCUT2D eigenvalue weighted by atomic mass is 16.5. The summed E-state index contributed by atoms with van der Waals surface area (Å²) >= 11 is 0. The molecule has 4 fully saturated rings. The standard InChI is InChI=1S/C24H24N2O2/c27-23-9-16-8-15(4-5-21(16)25-23)19-2-1-3-22-20(19)10-24(28-22)17-6-14-7-18(24)13-26(11-14)12-17/h1-5,8,14,17-18H,6-7,9-13H2,(H,25,27)/t14?,17-,18?,24?/m1/s1. The number of amides is 1. The van der Waals surface area contributed by atoms with Crippen molar-refractivity contribution in [2.45, 2.75) is 31.3 Å². The van der Waals surface area contributed by atoms with E-state index < -0.39 is 0 Å². The fraction of sp³-hybridized carbons (Fsp3) is 0.458. The smallest absolute Gasteiger partial charge is 0.228 e. The Labute approximate surface area is 164 Å². The predicted octanol–water partition coefficient (Wildman–Crippen LogP) is 3.49. The summed E-state index contributed by atoms with van der Waals surface area (Å²) in [4.78, 5) is 14.4. The van der Waals surface area contributed by atoms with Crippen molar-refractivity contribution in [1.82, 2.24) is 4.90 Å². The molecule has 5 aliphatic heterocycles. The number of anilines is 1. The van der Waals surface area contributed by atoms with Gasteiger partial charge in [-0.2, -0.15) is 0 Å². The van der Waals surface area contributed by atoms with Crippen LogP contribution >= 0.6 is 0 Å². The molecule has 5 heterocycles. The molecule has 6 aliphatic rings. The molecule has 142 valence electrons. The SMILES string of the molecule is O=C1Cc2cc(-c3cccc4c3CC3(O4)C4CC5C[C@@H]3CN(C5)C4)ccc2N1. The van der Waals surface area contributed by atoms with Crippen LogP contribution in [0.1, 0.15) is 24.0 Å². The molecule has 1 saturated carbocycles. The van der Waals surface area contributed by atoms with Crippen LogP contribution in [0.5, 0.6) is 5.75 Å². The van der Waals surface area contributed by atoms with E-state index in [1.54, 1.807) is 0 Å². The van der Waals surface area contributed by atoms with E-state index in [4.69, 9.17) is 4.74 Å². The minimum Gasteiger partial charge on any atom is -0.486 e. The first-order valence-corrected chi connectivity index (χ1v) is 10.6. The Morgan fingerprint density at radius 3 is 2.75 bits per heavy atom. The van der Waals surface area contributed by atoms with Gasteiger partial charge in [0.15, 0.2) is 0 Å². The Morgan fingerprint density at radius 2 is 1.93 bits per heavy atom. The summed E-state index contributed by atoms with van der Waals surface area (Å²) in [5.74, 6) is 3.41. The number of piperidine rings is 3. The molecule has 1 N–H and O–H groups in total. The summed E-state index contributed by atoms with van der Waals surface area (Å²) in [5, 5.41) is 2.94. The third kappa shape index (κ3) is 1.97. The van der Waals surface area contributed by atoms with Gasteiger partial charge in [-0.25, -0.2) is 0 Å². The maximum Gasteiger partial charge on any atom is 0.228 e. The zero-order valence-electron chi connectivity index (χ0n) is 15.9. The van der Waals surface area contributed by atoms with E-state index in [0.717, 1.165) is 29.3 Å². The summed E-state index contributed by atoms with van der Waals surface area (Å²) in [6.07, 6.45) is 4.20. The molecular formula is C24H24N2O2. The molecule has 1 amide bonds. The lowest BCUT2D eigenvalue weighted by Gasteiger charge is -2.60. The number of benzene rings is 2. The fourth-order valence-electron chi connectivity index (χ4n) is 6.94. The second-order valence-corrected chi connectivity index (χ2v) is 9.56. The van der Waals surface area contributed by atoms with Crippen LogP contribution in [0.4, 0.5) is 5.69 Å². The second-order valence-electron chi connectivity index (χ2n) is 9.56. The molecule has 8 rings (SSSR count). The van der Waals surface area contributed by atoms with Gasteiger partial charge in [0.05, 0.1) is 6.42 Å². The molecule has 28 heavy (non-hydrogen) atoms. The van der Waals surface area contributed by atoms with Crippen LogP contribution in [-0.2, 0) is 17.6 Å². The molecule has 2 aromatic carbocycles. The number of nitrogens with zero attached hydrogens (tertiary/aromatic N) is 1. The van der Waals surface area contributed by atoms with Gasteiger partial charge >= 0.3 is 0 Å². The van der Waals surface area contributed by atoms with Crippen molar-refractivity contribution in [3.8, 4) is 16.9 Å². The maximum atomic E-state index is 11.7. The van der Waals surface area contributed by atoms with Gasteiger partial charge in [-0.1, -0.05) is 18.2 Å². The van der Waals surface area contributed by atoms with Gasteiger partial charge < -0.3 is 15.0 Å². The zero-order chi connectivity index (χ0) is 18.5. The zero-order valence-corrected chi connectivity index (χ0v) is 15.9. The van der Waals surface area contributed by atoms with Gasteiger partial charge in [0.2, 0.25) is 5.91 Å². The van der Waals surface area contributed by atoms with E-state index in [1.165, 1.54) is 49.2 Å². The lowest BCUT2D eigenvalue weighted by Crippen LogP contribution is -2.68. The van der Waals surface area contributed by atoms with Gasteiger partial charge in [-0.05, 0) is 53.6 Å². The molecule has 4 bridgehead atoms. The molecule has 4 unspecified atom stereocenters. The highest BCUT2D eigenvalue weighted by Crippen LogP contribution is 2.57. The number of hydrogen-bond donors (Lipinski definition) is 1. The molecule has 0 radical (unpaired) electrons. The van der Waals surface area contributed by atoms with E-state index in [1.807, 2.05) is 0 Å². The Morgan fingerprint density at radius 1 is 1.07 bits per heavy atom. The quantitative estimate of drug-likeness (QED) is 0.833. The molecule has 2 aromatic rings. The van der Waals surface area contributed by atoms with Crippen molar-refractivity contribution < 1.29 is 9.53 Å². The summed E-state index contributed by atoms with van der Waals surface area (Å²) in [7, 11) is 0. The van der Waals surface area contributed by atoms with Crippen LogP contribution in [0.25, 0.3) is 11.1 Å². The second kappa shape index (κ2) is 5.18. The van der Waals surface area contributed by atoms with Gasteiger partial charge in [0, 0.05) is 49.1 Å². The number of fused-ring (bicyclic) bond motifs is 2. The molecular weight excluding hydrogens is 348 g/mol. The third-order valence-electron chi connectivity index (χ3n) is 8.02. The normalized spacial score (nSPS) is 36.4. The number of rotatable bonds is 1. The van der Waals surface area contributed by atoms with Crippen LogP contribution in [-0.4, -0.2) is 36.0 Å². The average Bonchev–Trinajstić information content (AvgIpc) is 3.25. The molecule has 1 spiro atoms. The van der Waals surface area contributed by atoms with Crippen LogP contribution in [0.2, 0.25) is 0 Å². The van der Waals surface area contributed by atoms with Crippen LogP contribution in [0.3, 0.4) is 0 Å². The van der Waals surface area contributed by atoms with Gasteiger partial charge in [-0.15, -0.1) is 0 Å². The number of nitrogens with one attached hydrogen (secondary N) is 1. The summed E-state index contributed by atoms with van der Waals surface area (Å²) in [6.45, 7) is 3.73. The number of carbonyl (C=O) groups is 1. The van der Waals surface area contributed by atoms with E-state index in [9.17, 15) is 4.79 Å². The fourth-order valence-corrected chi connectivity index (χ4v) is 6.94. The lowest BCUT2D eigenvalue weighted by molar-refractivity contribution is -0.158. The van der Waals surface area contributed by atoms with Crippen molar-refractivity contribution >= 4 is 11.6 Å². The molecule has 1 aliphatic carbocycles. The van der Waals surface area contributed by atoms with E-state index in [0.29, 0.717) is 18.3 Å². The highest BCUT2D eigenvalue weighted by molar-refractivity contribution is 5.99. The van der Waals surface area contributed by atoms with Crippen LogP contribution < -0.4 is 10.1 Å². The minimum atomic E-state index is 0.0140. The highest BCUT2D eigenvalue weighted by Gasteiger charge is 2.60. The first-order chi connectivity index (χ1) is 13.7. The number of hydrogen-bond acceptors (Lipinski definition) is 3. The van der Waals surface area contributed by atoms with Gasteiger partial charge in [0.1, 0.15) is 11.4 Å². The molecule has 5 atom stereocenters. The van der Waals surface area contributed by atoms with Gasteiger partial charge in [0.25, 0.3) is 0 Å². The molecule has 4 nitrogen and oxygen atoms in total. The summed E-state index contributed by atoms with van der Waals surface area (Å²) in [6, 6.07) is 12.9.